The standard InChI is InChI=1S/C9H13N3O2/c10-12-9-7(2-1-3-11-9)4-14-8-5-13-6-8/h1-3,8H,4-6,10H2,(H,11,12). The van der Waals surface area contributed by atoms with Crippen LogP contribution < -0.4 is 11.3 Å². The third kappa shape index (κ3) is 2.01. The number of nitrogen functional groups attached to an aromatic ring is 1. The first-order chi connectivity index (χ1) is 6.90. The predicted molar refractivity (Wildman–Crippen MR) is 51.4 cm³/mol. The van der Waals surface area contributed by atoms with E-state index in [1.807, 2.05) is 12.1 Å². The number of hydrazine groups is 1. The van der Waals surface area contributed by atoms with Crippen LogP contribution in [0.5, 0.6) is 0 Å². The van der Waals surface area contributed by atoms with Crippen molar-refractivity contribution in [1.29, 1.82) is 0 Å². The number of anilines is 1. The summed E-state index contributed by atoms with van der Waals surface area (Å²) < 4.78 is 10.5. The molecule has 1 aromatic rings. The summed E-state index contributed by atoms with van der Waals surface area (Å²) in [5, 5.41) is 0. The smallest absolute Gasteiger partial charge is 0.145 e. The lowest BCUT2D eigenvalue weighted by Gasteiger charge is -2.26. The summed E-state index contributed by atoms with van der Waals surface area (Å²) in [7, 11) is 0. The highest BCUT2D eigenvalue weighted by molar-refractivity contribution is 5.41. The largest absolute Gasteiger partial charge is 0.376 e. The molecular weight excluding hydrogens is 182 g/mol. The van der Waals surface area contributed by atoms with Crippen molar-refractivity contribution in [3.63, 3.8) is 0 Å². The molecule has 0 atom stereocenters. The maximum absolute atomic E-state index is 5.55. The van der Waals surface area contributed by atoms with E-state index in [0.29, 0.717) is 25.6 Å². The van der Waals surface area contributed by atoms with Crippen LogP contribution in [0.1, 0.15) is 5.56 Å². The van der Waals surface area contributed by atoms with Gasteiger partial charge >= 0.3 is 0 Å². The summed E-state index contributed by atoms with van der Waals surface area (Å²) >= 11 is 0. The first-order valence-corrected chi connectivity index (χ1v) is 4.50. The van der Waals surface area contributed by atoms with Crippen molar-refractivity contribution in [3.8, 4) is 0 Å². The van der Waals surface area contributed by atoms with Gasteiger partial charge < -0.3 is 14.9 Å². The van der Waals surface area contributed by atoms with Crippen molar-refractivity contribution < 1.29 is 9.47 Å². The van der Waals surface area contributed by atoms with Crippen LogP contribution in [0.25, 0.3) is 0 Å². The Hall–Kier alpha value is -1.17. The van der Waals surface area contributed by atoms with Gasteiger partial charge in [0.1, 0.15) is 11.9 Å². The Kier molecular flexibility index (Phi) is 2.93. The average Bonchev–Trinajstić information content (AvgIpc) is 2.16. The van der Waals surface area contributed by atoms with Crippen molar-refractivity contribution in [1.82, 2.24) is 4.98 Å². The zero-order valence-electron chi connectivity index (χ0n) is 7.77. The second-order valence-corrected chi connectivity index (χ2v) is 3.13. The molecule has 0 radical (unpaired) electrons. The van der Waals surface area contributed by atoms with E-state index in [2.05, 4.69) is 10.4 Å². The van der Waals surface area contributed by atoms with E-state index < -0.39 is 0 Å². The SMILES string of the molecule is NNc1ncccc1COC1COC1. The molecule has 0 aliphatic carbocycles. The fraction of sp³-hybridized carbons (Fsp3) is 0.444. The molecule has 1 aliphatic heterocycles. The maximum Gasteiger partial charge on any atom is 0.145 e. The molecule has 5 heteroatoms. The first-order valence-electron chi connectivity index (χ1n) is 4.50. The minimum atomic E-state index is 0.223. The molecule has 0 bridgehead atoms. The normalized spacial score (nSPS) is 16.4. The number of nitrogens with zero attached hydrogens (tertiary/aromatic N) is 1. The number of nitrogens with two attached hydrogens (primary N) is 1. The molecule has 2 rings (SSSR count). The molecule has 0 aromatic carbocycles. The fourth-order valence-corrected chi connectivity index (χ4v) is 1.20. The lowest BCUT2D eigenvalue weighted by molar-refractivity contribution is -0.135. The monoisotopic (exact) mass is 195 g/mol. The molecule has 0 saturated carbocycles. The number of ether oxygens (including phenoxy) is 2. The molecule has 5 nitrogen and oxygen atoms in total. The molecule has 0 unspecified atom stereocenters. The summed E-state index contributed by atoms with van der Waals surface area (Å²) in [5.74, 6) is 5.97. The van der Waals surface area contributed by atoms with Crippen molar-refractivity contribution >= 4 is 5.82 Å². The van der Waals surface area contributed by atoms with Crippen LogP contribution in [0.15, 0.2) is 18.3 Å². The van der Waals surface area contributed by atoms with Crippen molar-refractivity contribution in [2.75, 3.05) is 18.6 Å². The fourth-order valence-electron chi connectivity index (χ4n) is 1.20. The number of pyridine rings is 1. The van der Waals surface area contributed by atoms with Gasteiger partial charge in [0.2, 0.25) is 0 Å². The Bertz CT molecular complexity index is 302. The van der Waals surface area contributed by atoms with Crippen LogP contribution >= 0.6 is 0 Å². The van der Waals surface area contributed by atoms with Gasteiger partial charge in [0.05, 0.1) is 19.8 Å². The van der Waals surface area contributed by atoms with Crippen LogP contribution in [-0.2, 0) is 16.1 Å². The number of rotatable bonds is 4. The molecular formula is C9H13N3O2. The lowest BCUT2D eigenvalue weighted by atomic mass is 10.2. The molecule has 1 aliphatic rings. The number of nitrogens with one attached hydrogen (secondary N) is 1. The zero-order valence-corrected chi connectivity index (χ0v) is 7.77. The summed E-state index contributed by atoms with van der Waals surface area (Å²) in [4.78, 5) is 4.07. The summed E-state index contributed by atoms with van der Waals surface area (Å²) in [6.45, 7) is 1.89. The van der Waals surface area contributed by atoms with Crippen molar-refractivity contribution in [3.05, 3.63) is 23.9 Å². The molecule has 1 aromatic heterocycles. The van der Waals surface area contributed by atoms with Crippen LogP contribution in [0.3, 0.4) is 0 Å². The Morgan fingerprint density at radius 1 is 1.64 bits per heavy atom. The van der Waals surface area contributed by atoms with Gasteiger partial charge in [-0.3, -0.25) is 0 Å². The summed E-state index contributed by atoms with van der Waals surface area (Å²) in [5.41, 5.74) is 3.49. The van der Waals surface area contributed by atoms with E-state index in [9.17, 15) is 0 Å². The van der Waals surface area contributed by atoms with Gasteiger partial charge in [0.25, 0.3) is 0 Å². The van der Waals surface area contributed by atoms with Gasteiger partial charge in [0.15, 0.2) is 0 Å². The number of hydrogen-bond donors (Lipinski definition) is 2. The molecule has 1 fully saturated rings. The topological polar surface area (TPSA) is 69.4 Å². The third-order valence-electron chi connectivity index (χ3n) is 2.11. The van der Waals surface area contributed by atoms with Crippen molar-refractivity contribution in [2.45, 2.75) is 12.7 Å². The molecule has 14 heavy (non-hydrogen) atoms. The zero-order chi connectivity index (χ0) is 9.80. The summed E-state index contributed by atoms with van der Waals surface area (Å²) in [6.07, 6.45) is 1.91. The van der Waals surface area contributed by atoms with E-state index >= 15 is 0 Å². The van der Waals surface area contributed by atoms with Crippen LogP contribution in [0.4, 0.5) is 5.82 Å². The Balaban J connectivity index is 1.93. The predicted octanol–water partition coefficient (Wildman–Crippen LogP) is 0.283. The first kappa shape index (κ1) is 9.39. The van der Waals surface area contributed by atoms with Gasteiger partial charge in [-0.05, 0) is 6.07 Å². The molecule has 2 heterocycles. The highest BCUT2D eigenvalue weighted by Gasteiger charge is 2.19. The Morgan fingerprint density at radius 3 is 3.14 bits per heavy atom. The van der Waals surface area contributed by atoms with Crippen LogP contribution in [-0.4, -0.2) is 24.3 Å². The molecule has 1 saturated heterocycles. The number of hydrogen-bond acceptors (Lipinski definition) is 5. The van der Waals surface area contributed by atoms with Gasteiger partial charge in [0, 0.05) is 11.8 Å². The highest BCUT2D eigenvalue weighted by atomic mass is 16.6. The number of aromatic nitrogens is 1. The molecule has 0 amide bonds. The molecule has 0 spiro atoms. The Morgan fingerprint density at radius 2 is 2.50 bits per heavy atom. The van der Waals surface area contributed by atoms with Crippen LogP contribution in [0, 0.1) is 0 Å². The van der Waals surface area contributed by atoms with E-state index in [1.54, 1.807) is 6.20 Å². The summed E-state index contributed by atoms with van der Waals surface area (Å²) in [6, 6.07) is 3.79. The van der Waals surface area contributed by atoms with Gasteiger partial charge in [-0.2, -0.15) is 0 Å². The van der Waals surface area contributed by atoms with E-state index in [4.69, 9.17) is 15.3 Å². The molecule has 76 valence electrons. The van der Waals surface area contributed by atoms with E-state index in [-0.39, 0.29) is 6.10 Å². The Labute approximate surface area is 82.2 Å². The third-order valence-corrected chi connectivity index (χ3v) is 2.11. The average molecular weight is 195 g/mol. The van der Waals surface area contributed by atoms with Crippen LogP contribution in [0.2, 0.25) is 0 Å². The quantitative estimate of drug-likeness (QED) is 0.533. The highest BCUT2D eigenvalue weighted by Crippen LogP contribution is 2.14. The second kappa shape index (κ2) is 4.36. The van der Waals surface area contributed by atoms with Gasteiger partial charge in [-0.15, -0.1) is 0 Å². The molecule has 3 N–H and O–H groups in total. The lowest BCUT2D eigenvalue weighted by Crippen LogP contribution is -2.35. The minimum Gasteiger partial charge on any atom is -0.376 e. The second-order valence-electron chi connectivity index (χ2n) is 3.13. The van der Waals surface area contributed by atoms with E-state index in [1.165, 1.54) is 0 Å². The van der Waals surface area contributed by atoms with Gasteiger partial charge in [-0.25, -0.2) is 10.8 Å². The maximum atomic E-state index is 5.55. The van der Waals surface area contributed by atoms with Gasteiger partial charge in [-0.1, -0.05) is 6.07 Å². The van der Waals surface area contributed by atoms with E-state index in [0.717, 1.165) is 5.56 Å². The minimum absolute atomic E-state index is 0.223. The van der Waals surface area contributed by atoms with Crippen molar-refractivity contribution in [2.24, 2.45) is 5.84 Å².